The SMILES string of the molecule is CC[C@H](c1cc([N+](=O)[O-])cc(OC)c1O)N1CCNCC1. The van der Waals surface area contributed by atoms with Crippen LogP contribution in [0.4, 0.5) is 5.69 Å². The molecule has 0 amide bonds. The largest absolute Gasteiger partial charge is 0.504 e. The third-order valence-electron chi connectivity index (χ3n) is 3.86. The zero-order chi connectivity index (χ0) is 15.4. The molecule has 1 aliphatic heterocycles. The summed E-state index contributed by atoms with van der Waals surface area (Å²) in [6.07, 6.45) is 0.762. The fraction of sp³-hybridized carbons (Fsp3) is 0.571. The summed E-state index contributed by atoms with van der Waals surface area (Å²) >= 11 is 0. The first-order valence-corrected chi connectivity index (χ1v) is 7.08. The molecule has 1 aromatic carbocycles. The maximum Gasteiger partial charge on any atom is 0.273 e. The molecule has 1 aromatic rings. The van der Waals surface area contributed by atoms with Crippen molar-refractivity contribution >= 4 is 5.69 Å². The Bertz CT molecular complexity index is 515. The number of hydrogen-bond donors (Lipinski definition) is 2. The first-order valence-electron chi connectivity index (χ1n) is 7.08. The summed E-state index contributed by atoms with van der Waals surface area (Å²) in [6.45, 7) is 5.47. The minimum absolute atomic E-state index is 0.00603. The van der Waals surface area contributed by atoms with Crippen molar-refractivity contribution in [2.45, 2.75) is 19.4 Å². The molecule has 0 spiro atoms. The van der Waals surface area contributed by atoms with E-state index in [1.165, 1.54) is 19.2 Å². The monoisotopic (exact) mass is 295 g/mol. The van der Waals surface area contributed by atoms with Crippen molar-refractivity contribution < 1.29 is 14.8 Å². The van der Waals surface area contributed by atoms with Gasteiger partial charge in [-0.3, -0.25) is 15.0 Å². The predicted octanol–water partition coefficient (Wildman–Crippen LogP) is 1.67. The molecule has 1 atom stereocenters. The number of nitrogens with one attached hydrogen (secondary N) is 1. The Hall–Kier alpha value is -1.86. The molecule has 7 heteroatoms. The first kappa shape index (κ1) is 15.5. The van der Waals surface area contributed by atoms with Gasteiger partial charge in [0.1, 0.15) is 0 Å². The number of piperazine rings is 1. The van der Waals surface area contributed by atoms with Crippen molar-refractivity contribution in [1.82, 2.24) is 10.2 Å². The van der Waals surface area contributed by atoms with E-state index in [9.17, 15) is 15.2 Å². The summed E-state index contributed by atoms with van der Waals surface area (Å²) in [5, 5.41) is 24.7. The molecule has 0 aliphatic carbocycles. The third kappa shape index (κ3) is 3.25. The average molecular weight is 295 g/mol. The number of phenolic OH excluding ortho intramolecular Hbond substituents is 1. The summed E-state index contributed by atoms with van der Waals surface area (Å²) in [7, 11) is 1.40. The number of ether oxygens (including phenoxy) is 1. The molecule has 2 N–H and O–H groups in total. The molecule has 0 radical (unpaired) electrons. The molecule has 21 heavy (non-hydrogen) atoms. The highest BCUT2D eigenvalue weighted by molar-refractivity contribution is 5.54. The van der Waals surface area contributed by atoms with Gasteiger partial charge in [-0.15, -0.1) is 0 Å². The topological polar surface area (TPSA) is 87.9 Å². The normalized spacial score (nSPS) is 17.4. The molecule has 1 fully saturated rings. The molecule has 0 bridgehead atoms. The van der Waals surface area contributed by atoms with Gasteiger partial charge in [0.2, 0.25) is 0 Å². The summed E-state index contributed by atoms with van der Waals surface area (Å²) in [5.41, 5.74) is 0.499. The van der Waals surface area contributed by atoms with E-state index in [0.29, 0.717) is 5.56 Å². The van der Waals surface area contributed by atoms with Gasteiger partial charge in [-0.05, 0) is 6.42 Å². The number of benzene rings is 1. The van der Waals surface area contributed by atoms with E-state index in [-0.39, 0.29) is 23.2 Å². The Morgan fingerprint density at radius 3 is 2.67 bits per heavy atom. The highest BCUT2D eigenvalue weighted by Crippen LogP contribution is 2.40. The van der Waals surface area contributed by atoms with Crippen molar-refractivity contribution in [3.63, 3.8) is 0 Å². The van der Waals surface area contributed by atoms with E-state index in [2.05, 4.69) is 10.2 Å². The summed E-state index contributed by atoms with van der Waals surface area (Å²) < 4.78 is 5.07. The van der Waals surface area contributed by atoms with Gasteiger partial charge in [-0.2, -0.15) is 0 Å². The van der Waals surface area contributed by atoms with Crippen LogP contribution in [0.5, 0.6) is 11.5 Å². The van der Waals surface area contributed by atoms with Crippen LogP contribution in [0, 0.1) is 10.1 Å². The number of non-ortho nitro benzene ring substituents is 1. The van der Waals surface area contributed by atoms with Crippen molar-refractivity contribution in [3.05, 3.63) is 27.8 Å². The number of phenols is 1. The molecule has 0 aromatic heterocycles. The number of nitro groups is 1. The lowest BCUT2D eigenvalue weighted by atomic mass is 9.99. The maximum absolute atomic E-state index is 11.1. The summed E-state index contributed by atoms with van der Waals surface area (Å²) in [6, 6.07) is 2.65. The Morgan fingerprint density at radius 2 is 2.14 bits per heavy atom. The van der Waals surface area contributed by atoms with Gasteiger partial charge in [0, 0.05) is 43.9 Å². The fourth-order valence-electron chi connectivity index (χ4n) is 2.80. The number of aromatic hydroxyl groups is 1. The second-order valence-corrected chi connectivity index (χ2v) is 5.05. The van der Waals surface area contributed by atoms with Gasteiger partial charge in [-0.25, -0.2) is 0 Å². The highest BCUT2D eigenvalue weighted by atomic mass is 16.6. The molecule has 116 valence electrons. The van der Waals surface area contributed by atoms with E-state index in [0.717, 1.165) is 32.6 Å². The predicted molar refractivity (Wildman–Crippen MR) is 78.8 cm³/mol. The molecule has 1 saturated heterocycles. The molecule has 0 saturated carbocycles. The fourth-order valence-corrected chi connectivity index (χ4v) is 2.80. The van der Waals surface area contributed by atoms with Gasteiger partial charge in [0.05, 0.1) is 18.1 Å². The summed E-state index contributed by atoms with van der Waals surface area (Å²) in [5.74, 6) is 0.140. The lowest BCUT2D eigenvalue weighted by Crippen LogP contribution is -2.45. The minimum Gasteiger partial charge on any atom is -0.504 e. The molecule has 1 heterocycles. The lowest BCUT2D eigenvalue weighted by Gasteiger charge is -2.35. The van der Waals surface area contributed by atoms with Crippen LogP contribution in [0.2, 0.25) is 0 Å². The summed E-state index contributed by atoms with van der Waals surface area (Å²) in [4.78, 5) is 12.8. The zero-order valence-corrected chi connectivity index (χ0v) is 12.3. The molecular formula is C14H21N3O4. The van der Waals surface area contributed by atoms with Crippen LogP contribution in [-0.2, 0) is 0 Å². The van der Waals surface area contributed by atoms with Gasteiger partial charge >= 0.3 is 0 Å². The van der Waals surface area contributed by atoms with E-state index < -0.39 is 4.92 Å². The van der Waals surface area contributed by atoms with Crippen LogP contribution in [0.25, 0.3) is 0 Å². The second-order valence-electron chi connectivity index (χ2n) is 5.05. The van der Waals surface area contributed by atoms with Crippen molar-refractivity contribution in [2.24, 2.45) is 0 Å². The van der Waals surface area contributed by atoms with Gasteiger partial charge in [0.15, 0.2) is 11.5 Å². The molecule has 7 nitrogen and oxygen atoms in total. The Morgan fingerprint density at radius 1 is 1.48 bits per heavy atom. The smallest absolute Gasteiger partial charge is 0.273 e. The zero-order valence-electron chi connectivity index (χ0n) is 12.3. The Labute approximate surface area is 123 Å². The lowest BCUT2D eigenvalue weighted by molar-refractivity contribution is -0.385. The Kier molecular flexibility index (Phi) is 4.98. The maximum atomic E-state index is 11.1. The number of rotatable bonds is 5. The van der Waals surface area contributed by atoms with Crippen LogP contribution in [0.1, 0.15) is 24.9 Å². The second kappa shape index (κ2) is 6.73. The molecule has 2 rings (SSSR count). The highest BCUT2D eigenvalue weighted by Gasteiger charge is 2.27. The van der Waals surface area contributed by atoms with Crippen LogP contribution in [0.3, 0.4) is 0 Å². The van der Waals surface area contributed by atoms with Crippen LogP contribution >= 0.6 is 0 Å². The first-order chi connectivity index (χ1) is 10.1. The van der Waals surface area contributed by atoms with Crippen LogP contribution < -0.4 is 10.1 Å². The van der Waals surface area contributed by atoms with E-state index in [4.69, 9.17) is 4.74 Å². The molecule has 0 unspecified atom stereocenters. The quantitative estimate of drug-likeness (QED) is 0.634. The van der Waals surface area contributed by atoms with E-state index >= 15 is 0 Å². The van der Waals surface area contributed by atoms with E-state index in [1.54, 1.807) is 0 Å². The Balaban J connectivity index is 2.43. The minimum atomic E-state index is -0.462. The average Bonchev–Trinajstić information content (AvgIpc) is 2.50. The van der Waals surface area contributed by atoms with E-state index in [1.807, 2.05) is 6.92 Å². The van der Waals surface area contributed by atoms with Gasteiger partial charge < -0.3 is 15.2 Å². The van der Waals surface area contributed by atoms with Gasteiger partial charge in [-0.1, -0.05) is 6.92 Å². The van der Waals surface area contributed by atoms with Crippen LogP contribution in [0.15, 0.2) is 12.1 Å². The molecule has 1 aliphatic rings. The number of nitro benzene ring substituents is 1. The number of methoxy groups -OCH3 is 1. The van der Waals surface area contributed by atoms with Crippen molar-refractivity contribution in [1.29, 1.82) is 0 Å². The van der Waals surface area contributed by atoms with Crippen molar-refractivity contribution in [3.8, 4) is 11.5 Å². The molecular weight excluding hydrogens is 274 g/mol. The van der Waals surface area contributed by atoms with Crippen molar-refractivity contribution in [2.75, 3.05) is 33.3 Å². The van der Waals surface area contributed by atoms with Crippen LogP contribution in [-0.4, -0.2) is 48.2 Å². The number of nitrogens with zero attached hydrogens (tertiary/aromatic N) is 2. The standard InChI is InChI=1S/C14H21N3O4/c1-3-12(16-6-4-15-5-7-16)11-8-10(17(19)20)9-13(21-2)14(11)18/h8-9,12,15,18H,3-7H2,1-2H3/t12-/m1/s1. The van der Waals surface area contributed by atoms with Gasteiger partial charge in [0.25, 0.3) is 5.69 Å². The number of hydrogen-bond acceptors (Lipinski definition) is 6. The third-order valence-corrected chi connectivity index (χ3v) is 3.86.